The average molecular weight is 295 g/mol. The van der Waals surface area contributed by atoms with Crippen LogP contribution in [0.2, 0.25) is 0 Å². The monoisotopic (exact) mass is 295 g/mol. The van der Waals surface area contributed by atoms with Crippen molar-refractivity contribution in [2.75, 3.05) is 11.6 Å². The molecule has 0 unspecified atom stereocenters. The molecule has 0 aliphatic carbocycles. The van der Waals surface area contributed by atoms with Crippen molar-refractivity contribution in [2.45, 2.75) is 13.5 Å². The molecule has 0 saturated carbocycles. The molecular weight excluding hydrogens is 278 g/mol. The van der Waals surface area contributed by atoms with E-state index in [1.807, 2.05) is 30.3 Å². The summed E-state index contributed by atoms with van der Waals surface area (Å²) in [5.74, 6) is 1.03. The SMILES string of the molecule is C=C(C)C(=O)Oc1ccc(N2COc3ccccc3C2)cc1. The van der Waals surface area contributed by atoms with Gasteiger partial charge in [0, 0.05) is 23.4 Å². The van der Waals surface area contributed by atoms with Crippen LogP contribution in [0.1, 0.15) is 12.5 Å². The number of carbonyl (C=O) groups is 1. The van der Waals surface area contributed by atoms with E-state index in [1.165, 1.54) is 0 Å². The molecule has 22 heavy (non-hydrogen) atoms. The van der Waals surface area contributed by atoms with Crippen molar-refractivity contribution >= 4 is 11.7 Å². The van der Waals surface area contributed by atoms with Gasteiger partial charge in [0.05, 0.1) is 0 Å². The zero-order chi connectivity index (χ0) is 15.5. The molecular formula is C18H17NO3. The highest BCUT2D eigenvalue weighted by atomic mass is 16.5. The number of carbonyl (C=O) groups excluding carboxylic acids is 1. The van der Waals surface area contributed by atoms with Crippen LogP contribution in [0.4, 0.5) is 5.69 Å². The minimum atomic E-state index is -0.414. The highest BCUT2D eigenvalue weighted by Gasteiger charge is 2.17. The van der Waals surface area contributed by atoms with Gasteiger partial charge in [0.2, 0.25) is 0 Å². The standard InChI is InChI=1S/C18H17NO3/c1-13(2)18(20)22-16-9-7-15(8-10-16)19-11-14-5-3-4-6-17(14)21-12-19/h3-10H,1,11-12H2,2H3. The number of anilines is 1. The molecule has 4 nitrogen and oxygen atoms in total. The topological polar surface area (TPSA) is 38.8 Å². The molecule has 0 atom stereocenters. The Morgan fingerprint density at radius 2 is 1.91 bits per heavy atom. The van der Waals surface area contributed by atoms with Crippen LogP contribution >= 0.6 is 0 Å². The molecule has 2 aromatic carbocycles. The predicted molar refractivity (Wildman–Crippen MR) is 85.0 cm³/mol. The lowest BCUT2D eigenvalue weighted by Gasteiger charge is -2.30. The first-order valence-corrected chi connectivity index (χ1v) is 7.07. The number of para-hydroxylation sites is 1. The molecule has 0 spiro atoms. The van der Waals surface area contributed by atoms with Gasteiger partial charge in [-0.25, -0.2) is 4.79 Å². The summed E-state index contributed by atoms with van der Waals surface area (Å²) in [5.41, 5.74) is 2.56. The molecule has 0 fully saturated rings. The minimum Gasteiger partial charge on any atom is -0.473 e. The van der Waals surface area contributed by atoms with Gasteiger partial charge in [-0.05, 0) is 37.3 Å². The van der Waals surface area contributed by atoms with Crippen molar-refractivity contribution in [3.05, 3.63) is 66.2 Å². The summed E-state index contributed by atoms with van der Waals surface area (Å²) >= 11 is 0. The first kappa shape index (κ1) is 14.2. The van der Waals surface area contributed by atoms with Crippen LogP contribution in [0.15, 0.2) is 60.7 Å². The Labute approximate surface area is 129 Å². The Bertz CT molecular complexity index is 707. The smallest absolute Gasteiger partial charge is 0.338 e. The Kier molecular flexibility index (Phi) is 3.83. The fourth-order valence-electron chi connectivity index (χ4n) is 2.26. The summed E-state index contributed by atoms with van der Waals surface area (Å²) < 4.78 is 10.9. The largest absolute Gasteiger partial charge is 0.473 e. The minimum absolute atomic E-state index is 0.380. The third-order valence-corrected chi connectivity index (χ3v) is 3.47. The molecule has 4 heteroatoms. The lowest BCUT2D eigenvalue weighted by atomic mass is 10.1. The van der Waals surface area contributed by atoms with E-state index in [1.54, 1.807) is 19.1 Å². The number of rotatable bonds is 3. The number of nitrogens with zero attached hydrogens (tertiary/aromatic N) is 1. The molecule has 0 aromatic heterocycles. The summed E-state index contributed by atoms with van der Waals surface area (Å²) in [5, 5.41) is 0. The first-order valence-electron chi connectivity index (χ1n) is 7.07. The lowest BCUT2D eigenvalue weighted by molar-refractivity contribution is -0.130. The second kappa shape index (κ2) is 5.93. The molecule has 0 N–H and O–H groups in total. The number of fused-ring (bicyclic) bond motifs is 1. The Balaban J connectivity index is 1.72. The van der Waals surface area contributed by atoms with Crippen LogP contribution in [0, 0.1) is 0 Å². The van der Waals surface area contributed by atoms with Gasteiger partial charge in [-0.15, -0.1) is 0 Å². The quantitative estimate of drug-likeness (QED) is 0.493. The Morgan fingerprint density at radius 3 is 2.64 bits per heavy atom. The van der Waals surface area contributed by atoms with Crippen molar-refractivity contribution in [1.29, 1.82) is 0 Å². The van der Waals surface area contributed by atoms with E-state index < -0.39 is 5.97 Å². The maximum Gasteiger partial charge on any atom is 0.338 e. The second-order valence-electron chi connectivity index (χ2n) is 5.24. The van der Waals surface area contributed by atoms with E-state index in [9.17, 15) is 4.79 Å². The molecule has 0 amide bonds. The van der Waals surface area contributed by atoms with Crippen molar-refractivity contribution in [3.8, 4) is 11.5 Å². The zero-order valence-corrected chi connectivity index (χ0v) is 12.4. The van der Waals surface area contributed by atoms with Gasteiger partial charge in [-0.3, -0.25) is 0 Å². The van der Waals surface area contributed by atoms with Crippen LogP contribution < -0.4 is 14.4 Å². The van der Waals surface area contributed by atoms with Gasteiger partial charge in [0.1, 0.15) is 11.5 Å². The van der Waals surface area contributed by atoms with Crippen molar-refractivity contribution in [3.63, 3.8) is 0 Å². The zero-order valence-electron chi connectivity index (χ0n) is 12.4. The van der Waals surface area contributed by atoms with E-state index in [0.29, 0.717) is 18.1 Å². The van der Waals surface area contributed by atoms with E-state index >= 15 is 0 Å². The van der Waals surface area contributed by atoms with Crippen molar-refractivity contribution in [2.24, 2.45) is 0 Å². The summed E-state index contributed by atoms with van der Waals surface area (Å²) in [6.45, 7) is 6.48. The number of ether oxygens (including phenoxy) is 2. The van der Waals surface area contributed by atoms with Crippen LogP contribution in [0.3, 0.4) is 0 Å². The number of hydrogen-bond acceptors (Lipinski definition) is 4. The molecule has 1 aliphatic heterocycles. The van der Waals surface area contributed by atoms with Gasteiger partial charge < -0.3 is 14.4 Å². The molecule has 1 heterocycles. The molecule has 2 aromatic rings. The van der Waals surface area contributed by atoms with Crippen LogP contribution in [0.5, 0.6) is 11.5 Å². The summed E-state index contributed by atoms with van der Waals surface area (Å²) in [6, 6.07) is 15.4. The van der Waals surface area contributed by atoms with Crippen LogP contribution in [0.25, 0.3) is 0 Å². The molecule has 0 radical (unpaired) electrons. The molecule has 1 aliphatic rings. The highest BCUT2D eigenvalue weighted by Crippen LogP contribution is 2.28. The third-order valence-electron chi connectivity index (χ3n) is 3.47. The lowest BCUT2D eigenvalue weighted by Crippen LogP contribution is -2.31. The highest BCUT2D eigenvalue weighted by molar-refractivity contribution is 5.88. The van der Waals surface area contributed by atoms with E-state index in [2.05, 4.69) is 17.5 Å². The molecule has 3 rings (SSSR count). The molecule has 0 saturated heterocycles. The average Bonchev–Trinajstić information content (AvgIpc) is 2.55. The van der Waals surface area contributed by atoms with Gasteiger partial charge in [0.15, 0.2) is 6.73 Å². The van der Waals surface area contributed by atoms with Gasteiger partial charge in [-0.1, -0.05) is 24.8 Å². The van der Waals surface area contributed by atoms with Crippen LogP contribution in [-0.2, 0) is 11.3 Å². The maximum atomic E-state index is 11.5. The molecule has 0 bridgehead atoms. The Hall–Kier alpha value is -2.75. The van der Waals surface area contributed by atoms with E-state index in [0.717, 1.165) is 23.5 Å². The summed E-state index contributed by atoms with van der Waals surface area (Å²) in [6.07, 6.45) is 0. The summed E-state index contributed by atoms with van der Waals surface area (Å²) in [7, 11) is 0. The van der Waals surface area contributed by atoms with Gasteiger partial charge in [-0.2, -0.15) is 0 Å². The Morgan fingerprint density at radius 1 is 1.18 bits per heavy atom. The van der Waals surface area contributed by atoms with Gasteiger partial charge >= 0.3 is 5.97 Å². The fraction of sp³-hybridized carbons (Fsp3) is 0.167. The normalized spacial score (nSPS) is 13.0. The second-order valence-corrected chi connectivity index (χ2v) is 5.24. The fourth-order valence-corrected chi connectivity index (χ4v) is 2.26. The summed E-state index contributed by atoms with van der Waals surface area (Å²) in [4.78, 5) is 13.6. The number of hydrogen-bond donors (Lipinski definition) is 0. The number of benzene rings is 2. The van der Waals surface area contributed by atoms with E-state index in [-0.39, 0.29) is 0 Å². The predicted octanol–water partition coefficient (Wildman–Crippen LogP) is 3.52. The third kappa shape index (κ3) is 2.96. The van der Waals surface area contributed by atoms with Crippen molar-refractivity contribution < 1.29 is 14.3 Å². The van der Waals surface area contributed by atoms with Crippen LogP contribution in [-0.4, -0.2) is 12.7 Å². The maximum absolute atomic E-state index is 11.5. The number of esters is 1. The van der Waals surface area contributed by atoms with Gasteiger partial charge in [0.25, 0.3) is 0 Å². The first-order chi connectivity index (χ1) is 10.6. The van der Waals surface area contributed by atoms with E-state index in [4.69, 9.17) is 9.47 Å². The molecule has 112 valence electrons. The van der Waals surface area contributed by atoms with Crippen molar-refractivity contribution in [1.82, 2.24) is 0 Å².